The van der Waals surface area contributed by atoms with Gasteiger partial charge in [-0.05, 0) is 13.8 Å². The van der Waals surface area contributed by atoms with Crippen molar-refractivity contribution in [3.05, 3.63) is 16.7 Å². The number of nitrogens with one attached hydrogen (secondary N) is 1. The summed E-state index contributed by atoms with van der Waals surface area (Å²) in [6, 6.07) is 0.161. The molecule has 0 aliphatic rings. The standard InChI is InChI=1S/C11H16N6O/c1-7(2)17-6-12-9-8(17)10(18)15-11(14-9)13-5-16(3)4/h5-7H,1-4H3,(H,14,15,18)/b13-5+. The van der Waals surface area contributed by atoms with Crippen LogP contribution in [0, 0.1) is 0 Å². The molecule has 0 spiro atoms. The zero-order chi connectivity index (χ0) is 13.3. The van der Waals surface area contributed by atoms with Crippen molar-refractivity contribution < 1.29 is 0 Å². The average Bonchev–Trinajstić information content (AvgIpc) is 2.70. The first-order chi connectivity index (χ1) is 8.49. The summed E-state index contributed by atoms with van der Waals surface area (Å²) in [6.45, 7) is 3.97. The van der Waals surface area contributed by atoms with Gasteiger partial charge >= 0.3 is 0 Å². The van der Waals surface area contributed by atoms with Crippen LogP contribution in [0.15, 0.2) is 16.1 Å². The molecule has 96 valence electrons. The molecule has 0 radical (unpaired) electrons. The van der Waals surface area contributed by atoms with E-state index in [4.69, 9.17) is 0 Å². The highest BCUT2D eigenvalue weighted by molar-refractivity contribution is 5.71. The Hall–Kier alpha value is -2.18. The number of hydrogen-bond acceptors (Lipinski definition) is 4. The number of hydrogen-bond donors (Lipinski definition) is 1. The molecule has 0 bridgehead atoms. The molecule has 2 aromatic heterocycles. The maximum absolute atomic E-state index is 12.0. The van der Waals surface area contributed by atoms with Gasteiger partial charge in [0, 0.05) is 20.1 Å². The summed E-state index contributed by atoms with van der Waals surface area (Å²) in [6.07, 6.45) is 3.20. The molecule has 2 heterocycles. The summed E-state index contributed by atoms with van der Waals surface area (Å²) in [7, 11) is 3.68. The van der Waals surface area contributed by atoms with Crippen LogP contribution in [-0.4, -0.2) is 44.9 Å². The van der Waals surface area contributed by atoms with Crippen LogP contribution in [0.2, 0.25) is 0 Å². The largest absolute Gasteiger partial charge is 0.369 e. The predicted octanol–water partition coefficient (Wildman–Crippen LogP) is 0.922. The minimum Gasteiger partial charge on any atom is -0.369 e. The highest BCUT2D eigenvalue weighted by atomic mass is 16.1. The van der Waals surface area contributed by atoms with Crippen LogP contribution in [0.5, 0.6) is 0 Å². The van der Waals surface area contributed by atoms with Crippen molar-refractivity contribution in [1.29, 1.82) is 0 Å². The van der Waals surface area contributed by atoms with E-state index in [1.807, 2.05) is 27.9 Å². The second kappa shape index (κ2) is 4.59. The summed E-state index contributed by atoms with van der Waals surface area (Å²) < 4.78 is 1.79. The number of aliphatic imine (C=N–C) groups is 1. The maximum atomic E-state index is 12.0. The van der Waals surface area contributed by atoms with Crippen molar-refractivity contribution in [3.8, 4) is 0 Å². The maximum Gasteiger partial charge on any atom is 0.278 e. The second-order valence-corrected chi connectivity index (χ2v) is 4.52. The van der Waals surface area contributed by atoms with E-state index in [0.29, 0.717) is 11.2 Å². The second-order valence-electron chi connectivity index (χ2n) is 4.52. The Kier molecular flexibility index (Phi) is 3.14. The van der Waals surface area contributed by atoms with Gasteiger partial charge in [-0.1, -0.05) is 0 Å². The van der Waals surface area contributed by atoms with Gasteiger partial charge in [-0.25, -0.2) is 9.98 Å². The summed E-state index contributed by atoms with van der Waals surface area (Å²) in [5.74, 6) is 0.259. The average molecular weight is 248 g/mol. The van der Waals surface area contributed by atoms with Gasteiger partial charge in [0.2, 0.25) is 5.95 Å². The van der Waals surface area contributed by atoms with Gasteiger partial charge in [-0.3, -0.25) is 9.78 Å². The summed E-state index contributed by atoms with van der Waals surface area (Å²) in [4.78, 5) is 28.8. The molecule has 0 fully saturated rings. The first-order valence-electron chi connectivity index (χ1n) is 5.66. The zero-order valence-electron chi connectivity index (χ0n) is 10.9. The van der Waals surface area contributed by atoms with Gasteiger partial charge in [0.15, 0.2) is 11.2 Å². The molecular formula is C11H16N6O. The fraction of sp³-hybridized carbons (Fsp3) is 0.455. The zero-order valence-corrected chi connectivity index (χ0v) is 10.9. The Morgan fingerprint density at radius 1 is 1.50 bits per heavy atom. The lowest BCUT2D eigenvalue weighted by molar-refractivity contribution is 0.615. The van der Waals surface area contributed by atoms with Crippen LogP contribution in [0.1, 0.15) is 19.9 Å². The topological polar surface area (TPSA) is 79.2 Å². The Balaban J connectivity index is 2.55. The fourth-order valence-corrected chi connectivity index (χ4v) is 1.56. The van der Waals surface area contributed by atoms with E-state index in [9.17, 15) is 4.79 Å². The SMILES string of the molecule is CC(C)n1cnc2nc(/N=C/N(C)C)[nH]c(=O)c21. The molecule has 1 N–H and O–H groups in total. The minimum absolute atomic E-state index is 0.161. The molecule has 2 aromatic rings. The van der Waals surface area contributed by atoms with E-state index in [1.54, 1.807) is 22.1 Å². The van der Waals surface area contributed by atoms with E-state index < -0.39 is 0 Å². The highest BCUT2D eigenvalue weighted by Gasteiger charge is 2.11. The molecule has 0 aliphatic heterocycles. The van der Waals surface area contributed by atoms with Crippen molar-refractivity contribution in [3.63, 3.8) is 0 Å². The normalized spacial score (nSPS) is 11.8. The number of aromatic nitrogens is 4. The first-order valence-corrected chi connectivity index (χ1v) is 5.66. The van der Waals surface area contributed by atoms with Crippen molar-refractivity contribution in [1.82, 2.24) is 24.4 Å². The smallest absolute Gasteiger partial charge is 0.278 e. The molecule has 0 aromatic carbocycles. The monoisotopic (exact) mass is 248 g/mol. The summed E-state index contributed by atoms with van der Waals surface area (Å²) in [5.41, 5.74) is 0.671. The van der Waals surface area contributed by atoms with E-state index >= 15 is 0 Å². The van der Waals surface area contributed by atoms with Gasteiger partial charge in [-0.2, -0.15) is 4.98 Å². The lowest BCUT2D eigenvalue weighted by Gasteiger charge is -2.06. The van der Waals surface area contributed by atoms with Gasteiger partial charge in [0.1, 0.15) is 0 Å². The lowest BCUT2D eigenvalue weighted by atomic mass is 10.4. The third-order valence-corrected chi connectivity index (χ3v) is 2.39. The molecule has 18 heavy (non-hydrogen) atoms. The predicted molar refractivity (Wildman–Crippen MR) is 70.4 cm³/mol. The van der Waals surface area contributed by atoms with Crippen LogP contribution in [0.25, 0.3) is 11.2 Å². The van der Waals surface area contributed by atoms with Crippen LogP contribution < -0.4 is 5.56 Å². The number of aromatic amines is 1. The van der Waals surface area contributed by atoms with Crippen LogP contribution in [0.4, 0.5) is 5.95 Å². The Bertz CT molecular complexity index is 637. The van der Waals surface area contributed by atoms with Gasteiger partial charge < -0.3 is 9.47 Å². The van der Waals surface area contributed by atoms with Crippen molar-refractivity contribution in [2.45, 2.75) is 19.9 Å². The van der Waals surface area contributed by atoms with Crippen LogP contribution >= 0.6 is 0 Å². The molecule has 0 atom stereocenters. The third kappa shape index (κ3) is 2.24. The van der Waals surface area contributed by atoms with Gasteiger partial charge in [-0.15, -0.1) is 0 Å². The van der Waals surface area contributed by atoms with E-state index in [-0.39, 0.29) is 17.5 Å². The molecule has 0 saturated carbocycles. The Morgan fingerprint density at radius 2 is 2.22 bits per heavy atom. The highest BCUT2D eigenvalue weighted by Crippen LogP contribution is 2.13. The van der Waals surface area contributed by atoms with Crippen molar-refractivity contribution in [2.75, 3.05) is 14.1 Å². The van der Waals surface area contributed by atoms with Crippen LogP contribution in [0.3, 0.4) is 0 Å². The van der Waals surface area contributed by atoms with E-state index in [1.165, 1.54) is 0 Å². The lowest BCUT2D eigenvalue weighted by Crippen LogP contribution is -2.13. The molecule has 0 amide bonds. The Labute approximate surface area is 104 Å². The molecular weight excluding hydrogens is 232 g/mol. The number of rotatable bonds is 3. The third-order valence-electron chi connectivity index (χ3n) is 2.39. The fourth-order valence-electron chi connectivity index (χ4n) is 1.56. The van der Waals surface area contributed by atoms with Crippen LogP contribution in [-0.2, 0) is 0 Å². The number of fused-ring (bicyclic) bond motifs is 1. The quantitative estimate of drug-likeness (QED) is 0.647. The number of H-pyrrole nitrogens is 1. The molecule has 7 nitrogen and oxygen atoms in total. The molecule has 0 saturated heterocycles. The van der Waals surface area contributed by atoms with E-state index in [0.717, 1.165) is 0 Å². The van der Waals surface area contributed by atoms with Gasteiger partial charge in [0.25, 0.3) is 5.56 Å². The van der Waals surface area contributed by atoms with E-state index in [2.05, 4.69) is 19.9 Å². The molecule has 2 rings (SSSR count). The molecule has 0 aliphatic carbocycles. The van der Waals surface area contributed by atoms with Gasteiger partial charge in [0.05, 0.1) is 12.7 Å². The minimum atomic E-state index is -0.225. The first kappa shape index (κ1) is 12.3. The number of imidazole rings is 1. The molecule has 0 unspecified atom stereocenters. The van der Waals surface area contributed by atoms with Crippen molar-refractivity contribution >= 4 is 23.5 Å². The van der Waals surface area contributed by atoms with Crippen molar-refractivity contribution in [2.24, 2.45) is 4.99 Å². The summed E-state index contributed by atoms with van der Waals surface area (Å²) >= 11 is 0. The number of nitrogens with zero attached hydrogens (tertiary/aromatic N) is 5. The summed E-state index contributed by atoms with van der Waals surface area (Å²) in [5, 5.41) is 0. The molecule has 7 heteroatoms. The Morgan fingerprint density at radius 3 is 2.83 bits per heavy atom.